The van der Waals surface area contributed by atoms with Crippen LogP contribution >= 0.6 is 0 Å². The Hall–Kier alpha value is -1.82. The Labute approximate surface area is 182 Å². The molecule has 4 rings (SSSR count). The van der Waals surface area contributed by atoms with Crippen molar-refractivity contribution in [2.24, 2.45) is 0 Å². The summed E-state index contributed by atoms with van der Waals surface area (Å²) in [6, 6.07) is 14.3. The van der Waals surface area contributed by atoms with Gasteiger partial charge in [0.05, 0.1) is 16.4 Å². The molecule has 0 saturated carbocycles. The molecule has 0 aromatic heterocycles. The highest BCUT2D eigenvalue weighted by atomic mass is 32.2. The van der Waals surface area contributed by atoms with E-state index in [1.54, 1.807) is 44.2 Å². The van der Waals surface area contributed by atoms with Gasteiger partial charge in [-0.05, 0) is 45.0 Å². The van der Waals surface area contributed by atoms with E-state index in [4.69, 9.17) is 18.4 Å². The molecule has 8 nitrogen and oxygen atoms in total. The third-order valence-electron chi connectivity index (χ3n) is 5.10. The fraction of sp³-hybridized carbons (Fsp3) is 0.429. The molecule has 2 aromatic carbocycles. The highest BCUT2D eigenvalue weighted by Crippen LogP contribution is 2.42. The quantitative estimate of drug-likeness (QED) is 0.450. The molecule has 2 aromatic rings. The summed E-state index contributed by atoms with van der Waals surface area (Å²) in [5.74, 6) is -1.04. The van der Waals surface area contributed by atoms with Crippen molar-refractivity contribution in [3.8, 4) is 0 Å². The van der Waals surface area contributed by atoms with Crippen LogP contribution in [-0.2, 0) is 38.3 Å². The first-order valence-electron chi connectivity index (χ1n) is 9.76. The third kappa shape index (κ3) is 4.69. The Bertz CT molecular complexity index is 1140. The van der Waals surface area contributed by atoms with Crippen molar-refractivity contribution in [3.63, 3.8) is 0 Å². The summed E-state index contributed by atoms with van der Waals surface area (Å²) < 4.78 is 73.0. The first-order valence-corrected chi connectivity index (χ1v) is 12.7. The second-order valence-corrected chi connectivity index (χ2v) is 11.7. The third-order valence-corrected chi connectivity index (χ3v) is 8.32. The highest BCUT2D eigenvalue weighted by Gasteiger charge is 2.60. The lowest BCUT2D eigenvalue weighted by Gasteiger charge is -2.16. The van der Waals surface area contributed by atoms with Crippen molar-refractivity contribution >= 4 is 20.0 Å². The molecule has 2 saturated heterocycles. The molecule has 2 aliphatic rings. The van der Waals surface area contributed by atoms with E-state index in [9.17, 15) is 16.8 Å². The zero-order valence-electron chi connectivity index (χ0n) is 17.3. The molecule has 2 unspecified atom stereocenters. The maximum absolute atomic E-state index is 12.8. The summed E-state index contributed by atoms with van der Waals surface area (Å²) in [4.78, 5) is 0.176. The average Bonchev–Trinajstić information content (AvgIpc) is 3.46. The minimum absolute atomic E-state index is 0.0278. The number of aryl methyl sites for hydroxylation is 1. The lowest BCUT2D eigenvalue weighted by atomic mass is 10.1. The van der Waals surface area contributed by atoms with Crippen molar-refractivity contribution in [3.05, 3.63) is 60.2 Å². The molecular formula is C21H24O8S2. The van der Waals surface area contributed by atoms with Crippen LogP contribution in [0, 0.1) is 6.92 Å². The normalized spacial score (nSPS) is 27.8. The molecular weight excluding hydrogens is 444 g/mol. The molecule has 2 aliphatic heterocycles. The first-order chi connectivity index (χ1) is 14.5. The van der Waals surface area contributed by atoms with Gasteiger partial charge < -0.3 is 14.2 Å². The SMILES string of the molecule is Cc1ccc(S(=O)(=O)OC[C@H]2OC(C)(C)O[C@H]2C2OC2S(=O)(=O)c2ccccc2)cc1. The number of epoxide rings is 1. The van der Waals surface area contributed by atoms with E-state index >= 15 is 0 Å². The lowest BCUT2D eigenvalue weighted by Crippen LogP contribution is -2.35. The average molecular weight is 469 g/mol. The Morgan fingerprint density at radius 1 is 0.871 bits per heavy atom. The van der Waals surface area contributed by atoms with Gasteiger partial charge in [-0.2, -0.15) is 8.42 Å². The van der Waals surface area contributed by atoms with Gasteiger partial charge in [-0.3, -0.25) is 4.18 Å². The number of rotatable bonds is 7. The van der Waals surface area contributed by atoms with Gasteiger partial charge in [0, 0.05) is 0 Å². The minimum Gasteiger partial charge on any atom is -0.349 e. The standard InChI is InChI=1S/C21H24O8S2/c1-14-9-11-16(12-10-14)31(24,25)26-13-17-18(29-21(2,3)28-17)19-20(27-19)30(22,23)15-7-5-4-6-8-15/h4-12,17-20H,13H2,1-3H3/t17-,18-,19?,20?/m1/s1. The Balaban J connectivity index is 1.47. The zero-order chi connectivity index (χ0) is 22.4. The number of hydrogen-bond donors (Lipinski definition) is 0. The van der Waals surface area contributed by atoms with Crippen LogP contribution in [0.15, 0.2) is 64.4 Å². The molecule has 4 atom stereocenters. The van der Waals surface area contributed by atoms with Crippen LogP contribution in [0.3, 0.4) is 0 Å². The van der Waals surface area contributed by atoms with E-state index in [1.807, 2.05) is 6.92 Å². The summed E-state index contributed by atoms with van der Waals surface area (Å²) in [7, 11) is -7.73. The summed E-state index contributed by atoms with van der Waals surface area (Å²) in [5, 5.41) is 0. The first kappa shape index (κ1) is 22.4. The van der Waals surface area contributed by atoms with Crippen LogP contribution in [0.25, 0.3) is 0 Å². The van der Waals surface area contributed by atoms with E-state index in [1.165, 1.54) is 24.3 Å². The van der Waals surface area contributed by atoms with Gasteiger partial charge in [0.2, 0.25) is 9.84 Å². The topological polar surface area (TPSA) is 108 Å². The molecule has 2 fully saturated rings. The second-order valence-electron chi connectivity index (χ2n) is 8.02. The molecule has 2 heterocycles. The molecule has 0 spiro atoms. The number of hydrogen-bond acceptors (Lipinski definition) is 8. The van der Waals surface area contributed by atoms with Gasteiger partial charge in [-0.1, -0.05) is 35.9 Å². The largest absolute Gasteiger partial charge is 0.349 e. The summed E-state index contributed by atoms with van der Waals surface area (Å²) >= 11 is 0. The van der Waals surface area contributed by atoms with E-state index in [-0.39, 0.29) is 16.4 Å². The molecule has 0 amide bonds. The number of ether oxygens (including phenoxy) is 3. The monoisotopic (exact) mass is 468 g/mol. The van der Waals surface area contributed by atoms with Gasteiger partial charge in [-0.15, -0.1) is 0 Å². The molecule has 0 bridgehead atoms. The van der Waals surface area contributed by atoms with Crippen LogP contribution in [0.1, 0.15) is 19.4 Å². The Kier molecular flexibility index (Phi) is 5.74. The maximum Gasteiger partial charge on any atom is 0.297 e. The van der Waals surface area contributed by atoms with Crippen LogP contribution in [-0.4, -0.2) is 53.0 Å². The number of sulfone groups is 1. The Morgan fingerprint density at radius 2 is 1.52 bits per heavy atom. The lowest BCUT2D eigenvalue weighted by molar-refractivity contribution is -0.149. The molecule has 168 valence electrons. The summed E-state index contributed by atoms with van der Waals surface area (Å²) in [6.45, 7) is 4.85. The summed E-state index contributed by atoms with van der Waals surface area (Å²) in [5.41, 5.74) is -0.168. The van der Waals surface area contributed by atoms with Crippen molar-refractivity contribution in [1.82, 2.24) is 0 Å². The van der Waals surface area contributed by atoms with Crippen LogP contribution < -0.4 is 0 Å². The van der Waals surface area contributed by atoms with Crippen LogP contribution in [0.4, 0.5) is 0 Å². The second kappa shape index (κ2) is 7.95. The van der Waals surface area contributed by atoms with Gasteiger partial charge >= 0.3 is 0 Å². The maximum atomic E-state index is 12.8. The zero-order valence-corrected chi connectivity index (χ0v) is 18.9. The number of benzene rings is 2. The van der Waals surface area contributed by atoms with Gasteiger partial charge in [-0.25, -0.2) is 8.42 Å². The van der Waals surface area contributed by atoms with Gasteiger partial charge in [0.15, 0.2) is 11.2 Å². The molecule has 0 aliphatic carbocycles. The van der Waals surface area contributed by atoms with Crippen molar-refractivity contribution in [2.45, 2.75) is 60.1 Å². The highest BCUT2D eigenvalue weighted by molar-refractivity contribution is 7.92. The van der Waals surface area contributed by atoms with Crippen LogP contribution in [0.5, 0.6) is 0 Å². The molecule has 0 radical (unpaired) electrons. The predicted molar refractivity (Wildman–Crippen MR) is 110 cm³/mol. The van der Waals surface area contributed by atoms with E-state index in [0.717, 1.165) is 5.56 Å². The molecule has 31 heavy (non-hydrogen) atoms. The van der Waals surface area contributed by atoms with Crippen molar-refractivity contribution < 1.29 is 35.2 Å². The smallest absolute Gasteiger partial charge is 0.297 e. The van der Waals surface area contributed by atoms with Gasteiger partial charge in [0.1, 0.15) is 18.3 Å². The fourth-order valence-corrected chi connectivity index (χ4v) is 6.04. The van der Waals surface area contributed by atoms with E-state index in [2.05, 4.69) is 0 Å². The van der Waals surface area contributed by atoms with Crippen molar-refractivity contribution in [2.75, 3.05) is 6.61 Å². The molecule has 0 N–H and O–H groups in total. The van der Waals surface area contributed by atoms with E-state index in [0.29, 0.717) is 0 Å². The van der Waals surface area contributed by atoms with Crippen molar-refractivity contribution in [1.29, 1.82) is 0 Å². The molecule has 10 heteroatoms. The predicted octanol–water partition coefficient (Wildman–Crippen LogP) is 2.42. The van der Waals surface area contributed by atoms with E-state index < -0.39 is 49.5 Å². The van der Waals surface area contributed by atoms with Crippen LogP contribution in [0.2, 0.25) is 0 Å². The Morgan fingerprint density at radius 3 is 2.16 bits per heavy atom. The summed E-state index contributed by atoms with van der Waals surface area (Å²) in [6.07, 6.45) is -2.41. The minimum atomic E-state index is -4.01. The van der Waals surface area contributed by atoms with Gasteiger partial charge in [0.25, 0.3) is 10.1 Å². The fourth-order valence-electron chi connectivity index (χ4n) is 3.54.